The van der Waals surface area contributed by atoms with Crippen molar-refractivity contribution < 1.29 is 27.5 Å². The maximum Gasteiger partial charge on any atom is 0.339 e. The Bertz CT molecular complexity index is 992. The van der Waals surface area contributed by atoms with Crippen LogP contribution < -0.4 is 10.1 Å². The lowest BCUT2D eigenvalue weighted by molar-refractivity contribution is -0.118. The molecule has 156 valence electrons. The van der Waals surface area contributed by atoms with Gasteiger partial charge in [0.1, 0.15) is 5.75 Å². The second-order valence-corrected chi connectivity index (χ2v) is 8.68. The van der Waals surface area contributed by atoms with Crippen LogP contribution in [0.4, 0.5) is 5.69 Å². The van der Waals surface area contributed by atoms with E-state index in [9.17, 15) is 18.0 Å². The molecule has 0 aliphatic heterocycles. The van der Waals surface area contributed by atoms with Gasteiger partial charge in [0, 0.05) is 19.3 Å². The summed E-state index contributed by atoms with van der Waals surface area (Å²) >= 11 is 5.94. The van der Waals surface area contributed by atoms with E-state index in [-0.39, 0.29) is 23.7 Å². The Hall–Kier alpha value is -2.62. The van der Waals surface area contributed by atoms with Crippen LogP contribution in [0.25, 0.3) is 0 Å². The predicted octanol–water partition coefficient (Wildman–Crippen LogP) is 2.54. The molecule has 0 aromatic heterocycles. The summed E-state index contributed by atoms with van der Waals surface area (Å²) in [7, 11) is -0.533. The van der Waals surface area contributed by atoms with Crippen LogP contribution in [0.1, 0.15) is 15.9 Å². The van der Waals surface area contributed by atoms with Crippen LogP contribution in [0, 0.1) is 0 Å². The Morgan fingerprint density at radius 2 is 1.79 bits per heavy atom. The minimum absolute atomic E-state index is 0.141. The van der Waals surface area contributed by atoms with Gasteiger partial charge in [-0.05, 0) is 35.9 Å². The lowest BCUT2D eigenvalue weighted by Crippen LogP contribution is -2.24. The minimum atomic E-state index is -3.26. The maximum absolute atomic E-state index is 12.1. The number of carbonyl (C=O) groups is 2. The Kier molecular flexibility index (Phi) is 7.60. The first kappa shape index (κ1) is 22.7. The summed E-state index contributed by atoms with van der Waals surface area (Å²) in [5.74, 6) is -0.578. The highest BCUT2D eigenvalue weighted by Crippen LogP contribution is 2.21. The number of halogens is 1. The summed E-state index contributed by atoms with van der Waals surface area (Å²) in [6, 6.07) is 11.2. The summed E-state index contributed by atoms with van der Waals surface area (Å²) in [4.78, 5) is 23.7. The van der Waals surface area contributed by atoms with E-state index < -0.39 is 21.9 Å². The molecule has 0 bridgehead atoms. The van der Waals surface area contributed by atoms with Crippen molar-refractivity contribution in [3.63, 3.8) is 0 Å². The number of benzene rings is 2. The first-order valence-corrected chi connectivity index (χ1v) is 10.6. The van der Waals surface area contributed by atoms with E-state index in [0.29, 0.717) is 11.4 Å². The van der Waals surface area contributed by atoms with Crippen molar-refractivity contribution in [2.45, 2.75) is 6.54 Å². The molecule has 2 aromatic rings. The molecule has 0 aliphatic rings. The predicted molar refractivity (Wildman–Crippen MR) is 110 cm³/mol. The first-order valence-electron chi connectivity index (χ1n) is 8.41. The highest BCUT2D eigenvalue weighted by molar-refractivity contribution is 7.88. The van der Waals surface area contributed by atoms with Crippen LogP contribution in [0.3, 0.4) is 0 Å². The summed E-state index contributed by atoms with van der Waals surface area (Å²) in [6.07, 6.45) is 1.14. The molecule has 0 heterocycles. The molecular formula is C19H21ClN2O6S. The number of hydrogen-bond acceptors (Lipinski definition) is 6. The lowest BCUT2D eigenvalue weighted by atomic mass is 10.2. The average molecular weight is 441 g/mol. The Labute approximate surface area is 174 Å². The number of methoxy groups -OCH3 is 1. The molecule has 29 heavy (non-hydrogen) atoms. The number of sulfonamides is 1. The summed E-state index contributed by atoms with van der Waals surface area (Å²) in [6.45, 7) is -0.0164. The SMILES string of the molecule is COC(=O)c1cc(NC(=O)COc2ccc(CN(C)S(C)(=O)=O)cc2)ccc1Cl. The third-order valence-corrected chi connectivity index (χ3v) is 5.51. The van der Waals surface area contributed by atoms with Gasteiger partial charge in [-0.3, -0.25) is 4.79 Å². The van der Waals surface area contributed by atoms with E-state index in [2.05, 4.69) is 10.1 Å². The molecule has 0 aliphatic carbocycles. The Morgan fingerprint density at radius 1 is 1.14 bits per heavy atom. The number of anilines is 1. The van der Waals surface area contributed by atoms with Gasteiger partial charge >= 0.3 is 5.97 Å². The molecule has 0 spiro atoms. The van der Waals surface area contributed by atoms with Crippen molar-refractivity contribution in [1.29, 1.82) is 0 Å². The highest BCUT2D eigenvalue weighted by atomic mass is 35.5. The number of carbonyl (C=O) groups excluding carboxylic acids is 2. The van der Waals surface area contributed by atoms with Crippen molar-refractivity contribution >= 4 is 39.2 Å². The molecule has 0 unspecified atom stereocenters. The highest BCUT2D eigenvalue weighted by Gasteiger charge is 2.13. The number of rotatable bonds is 8. The van der Waals surface area contributed by atoms with E-state index >= 15 is 0 Å². The van der Waals surface area contributed by atoms with Crippen LogP contribution >= 0.6 is 11.6 Å². The summed E-state index contributed by atoms with van der Waals surface area (Å²) in [5, 5.41) is 2.82. The van der Waals surface area contributed by atoms with Gasteiger partial charge in [-0.2, -0.15) is 0 Å². The third-order valence-electron chi connectivity index (χ3n) is 3.92. The molecule has 8 nitrogen and oxygen atoms in total. The quantitative estimate of drug-likeness (QED) is 0.633. The zero-order valence-electron chi connectivity index (χ0n) is 16.1. The van der Waals surface area contributed by atoms with E-state index in [1.54, 1.807) is 30.3 Å². The van der Waals surface area contributed by atoms with Crippen molar-refractivity contribution in [3.8, 4) is 5.75 Å². The number of esters is 1. The fourth-order valence-corrected chi connectivity index (χ4v) is 2.86. The molecule has 0 atom stereocenters. The monoisotopic (exact) mass is 440 g/mol. The smallest absolute Gasteiger partial charge is 0.339 e. The molecule has 0 radical (unpaired) electrons. The Morgan fingerprint density at radius 3 is 2.38 bits per heavy atom. The van der Waals surface area contributed by atoms with Gasteiger partial charge in [0.15, 0.2) is 6.61 Å². The normalized spacial score (nSPS) is 11.2. The zero-order chi connectivity index (χ0) is 21.6. The fraction of sp³-hybridized carbons (Fsp3) is 0.263. The van der Waals surface area contributed by atoms with Crippen LogP contribution in [0.5, 0.6) is 5.75 Å². The number of nitrogens with one attached hydrogen (secondary N) is 1. The van der Waals surface area contributed by atoms with Crippen LogP contribution in [-0.4, -0.2) is 51.6 Å². The molecule has 2 aromatic carbocycles. The Balaban J connectivity index is 1.92. The van der Waals surface area contributed by atoms with Crippen molar-refractivity contribution in [2.75, 3.05) is 32.3 Å². The fourth-order valence-electron chi connectivity index (χ4n) is 2.28. The number of amides is 1. The van der Waals surface area contributed by atoms with Crippen molar-refractivity contribution in [3.05, 3.63) is 58.6 Å². The third kappa shape index (κ3) is 6.74. The molecule has 1 N–H and O–H groups in total. The van der Waals surface area contributed by atoms with E-state index in [4.69, 9.17) is 16.3 Å². The van der Waals surface area contributed by atoms with E-state index in [0.717, 1.165) is 11.8 Å². The topological polar surface area (TPSA) is 102 Å². The number of hydrogen-bond donors (Lipinski definition) is 1. The van der Waals surface area contributed by atoms with Crippen LogP contribution in [0.2, 0.25) is 5.02 Å². The van der Waals surface area contributed by atoms with Crippen LogP contribution in [0.15, 0.2) is 42.5 Å². The number of nitrogens with zero attached hydrogens (tertiary/aromatic N) is 1. The van der Waals surface area contributed by atoms with Gasteiger partial charge in [0.2, 0.25) is 10.0 Å². The van der Waals surface area contributed by atoms with Crippen molar-refractivity contribution in [1.82, 2.24) is 4.31 Å². The second kappa shape index (κ2) is 9.73. The summed E-state index contributed by atoms with van der Waals surface area (Å²) in [5.41, 5.74) is 1.30. The molecule has 0 saturated heterocycles. The molecule has 2 rings (SSSR count). The largest absolute Gasteiger partial charge is 0.484 e. The van der Waals surface area contributed by atoms with Gasteiger partial charge in [-0.25, -0.2) is 17.5 Å². The zero-order valence-corrected chi connectivity index (χ0v) is 17.7. The van der Waals surface area contributed by atoms with Gasteiger partial charge in [0.05, 0.1) is 24.0 Å². The van der Waals surface area contributed by atoms with Gasteiger partial charge in [-0.1, -0.05) is 23.7 Å². The average Bonchev–Trinajstić information content (AvgIpc) is 2.67. The molecule has 10 heteroatoms. The molecule has 1 amide bonds. The van der Waals surface area contributed by atoms with Gasteiger partial charge in [0.25, 0.3) is 5.91 Å². The maximum atomic E-state index is 12.1. The van der Waals surface area contributed by atoms with Crippen LogP contribution in [-0.2, 0) is 26.1 Å². The van der Waals surface area contributed by atoms with E-state index in [1.807, 2.05) is 0 Å². The first-order chi connectivity index (χ1) is 13.6. The van der Waals surface area contributed by atoms with E-state index in [1.165, 1.54) is 30.6 Å². The number of ether oxygens (including phenoxy) is 2. The molecular weight excluding hydrogens is 420 g/mol. The minimum Gasteiger partial charge on any atom is -0.484 e. The lowest BCUT2D eigenvalue weighted by Gasteiger charge is -2.14. The molecule has 0 fully saturated rings. The van der Waals surface area contributed by atoms with Gasteiger partial charge in [-0.15, -0.1) is 0 Å². The van der Waals surface area contributed by atoms with Crippen molar-refractivity contribution in [2.24, 2.45) is 0 Å². The summed E-state index contributed by atoms with van der Waals surface area (Å²) < 4.78 is 34.2. The molecule has 0 saturated carbocycles. The standard InChI is InChI=1S/C19H21ClN2O6S/c1-22(29(3,25)26)11-13-4-7-15(8-5-13)28-12-18(23)21-14-6-9-17(20)16(10-14)19(24)27-2/h4-10H,11-12H2,1-3H3,(H,21,23). The van der Waals surface area contributed by atoms with Gasteiger partial charge < -0.3 is 14.8 Å². The second-order valence-electron chi connectivity index (χ2n) is 6.19.